The second-order valence-electron chi connectivity index (χ2n) is 1.94. The van der Waals surface area contributed by atoms with Crippen molar-refractivity contribution in [3.05, 3.63) is 24.2 Å². The van der Waals surface area contributed by atoms with Crippen LogP contribution < -0.4 is 5.32 Å². The van der Waals surface area contributed by atoms with Crippen molar-refractivity contribution in [1.82, 2.24) is 9.36 Å². The maximum atomic E-state index is 4.11. The van der Waals surface area contributed by atoms with E-state index in [1.165, 1.54) is 11.5 Å². The van der Waals surface area contributed by atoms with Crippen LogP contribution in [0.25, 0.3) is 0 Å². The molecule has 4 heteroatoms. The highest BCUT2D eigenvalue weighted by Crippen LogP contribution is 2.08. The van der Waals surface area contributed by atoms with E-state index in [4.69, 9.17) is 0 Å². The highest BCUT2D eigenvalue weighted by atomic mass is 32.1. The molecule has 1 aromatic rings. The standard InChI is InChI=1S/C7H9N3S/c1-3-4-5-8-7-9-6(2)10-11-7/h4H,1,5H2,2H3,(H,8,9,10). The minimum Gasteiger partial charge on any atom is -0.356 e. The lowest BCUT2D eigenvalue weighted by molar-refractivity contribution is 1.15. The SMILES string of the molecule is C=C=CCNc1nc(C)ns1. The Hall–Kier alpha value is -1.12. The van der Waals surface area contributed by atoms with E-state index in [1.807, 2.05) is 6.92 Å². The number of hydrogen-bond acceptors (Lipinski definition) is 4. The summed E-state index contributed by atoms with van der Waals surface area (Å²) in [6.45, 7) is 6.02. The summed E-state index contributed by atoms with van der Waals surface area (Å²) < 4.78 is 4.01. The Morgan fingerprint density at radius 2 is 2.64 bits per heavy atom. The van der Waals surface area contributed by atoms with Gasteiger partial charge in [-0.05, 0) is 13.0 Å². The lowest BCUT2D eigenvalue weighted by Crippen LogP contribution is -1.96. The molecule has 0 saturated carbocycles. The molecule has 0 unspecified atom stereocenters. The summed E-state index contributed by atoms with van der Waals surface area (Å²) >= 11 is 1.36. The van der Waals surface area contributed by atoms with E-state index in [1.54, 1.807) is 6.08 Å². The van der Waals surface area contributed by atoms with Crippen LogP contribution in [0.1, 0.15) is 5.82 Å². The second kappa shape index (κ2) is 3.91. The number of aromatic nitrogens is 2. The van der Waals surface area contributed by atoms with Crippen LogP contribution in [0.5, 0.6) is 0 Å². The highest BCUT2D eigenvalue weighted by Gasteiger charge is 1.95. The molecular formula is C7H9N3S. The molecule has 0 aromatic carbocycles. The molecule has 58 valence electrons. The summed E-state index contributed by atoms with van der Waals surface area (Å²) in [5, 5.41) is 3.89. The number of rotatable bonds is 3. The molecule has 1 N–H and O–H groups in total. The molecule has 3 nitrogen and oxygen atoms in total. The smallest absolute Gasteiger partial charge is 0.202 e. The lowest BCUT2D eigenvalue weighted by atomic mass is 10.6. The van der Waals surface area contributed by atoms with Crippen molar-refractivity contribution in [3.63, 3.8) is 0 Å². The largest absolute Gasteiger partial charge is 0.356 e. The Labute approximate surface area is 69.6 Å². The molecule has 0 fully saturated rings. The van der Waals surface area contributed by atoms with Crippen LogP contribution in [-0.2, 0) is 0 Å². The summed E-state index contributed by atoms with van der Waals surface area (Å²) in [4.78, 5) is 4.11. The van der Waals surface area contributed by atoms with Crippen molar-refractivity contribution in [2.75, 3.05) is 11.9 Å². The minimum atomic E-state index is 0.706. The van der Waals surface area contributed by atoms with Gasteiger partial charge in [0.05, 0.1) is 0 Å². The van der Waals surface area contributed by atoms with Gasteiger partial charge in [-0.1, -0.05) is 6.58 Å². The molecule has 0 aliphatic carbocycles. The van der Waals surface area contributed by atoms with E-state index < -0.39 is 0 Å². The Morgan fingerprint density at radius 1 is 1.82 bits per heavy atom. The van der Waals surface area contributed by atoms with Gasteiger partial charge < -0.3 is 5.32 Å². The van der Waals surface area contributed by atoms with E-state index in [0.29, 0.717) is 6.54 Å². The third-order valence-corrected chi connectivity index (χ3v) is 1.79. The van der Waals surface area contributed by atoms with Gasteiger partial charge >= 0.3 is 0 Å². The molecule has 0 bridgehead atoms. The molecule has 0 aliphatic heterocycles. The van der Waals surface area contributed by atoms with Crippen LogP contribution in [0.4, 0.5) is 5.13 Å². The van der Waals surface area contributed by atoms with E-state index >= 15 is 0 Å². The van der Waals surface area contributed by atoms with Crippen LogP contribution in [0.2, 0.25) is 0 Å². The summed E-state index contributed by atoms with van der Waals surface area (Å²) in [5.74, 6) is 0.806. The molecule has 11 heavy (non-hydrogen) atoms. The monoisotopic (exact) mass is 167 g/mol. The van der Waals surface area contributed by atoms with Gasteiger partial charge in [0.2, 0.25) is 5.13 Å². The first kappa shape index (κ1) is 7.98. The Kier molecular flexibility index (Phi) is 2.83. The van der Waals surface area contributed by atoms with E-state index in [2.05, 4.69) is 27.0 Å². The van der Waals surface area contributed by atoms with Crippen LogP contribution in [-0.4, -0.2) is 15.9 Å². The summed E-state index contributed by atoms with van der Waals surface area (Å²) in [7, 11) is 0. The van der Waals surface area contributed by atoms with Gasteiger partial charge in [-0.15, -0.1) is 5.73 Å². The fourth-order valence-electron chi connectivity index (χ4n) is 0.579. The zero-order chi connectivity index (χ0) is 8.10. The molecule has 0 atom stereocenters. The zero-order valence-electron chi connectivity index (χ0n) is 6.29. The minimum absolute atomic E-state index is 0.706. The number of anilines is 1. The fourth-order valence-corrected chi connectivity index (χ4v) is 1.16. The van der Waals surface area contributed by atoms with Gasteiger partial charge in [0.15, 0.2) is 0 Å². The van der Waals surface area contributed by atoms with Crippen molar-refractivity contribution in [2.45, 2.75) is 6.92 Å². The van der Waals surface area contributed by atoms with Crippen LogP contribution in [0.15, 0.2) is 18.4 Å². The Morgan fingerprint density at radius 3 is 3.18 bits per heavy atom. The molecule has 1 rings (SSSR count). The van der Waals surface area contributed by atoms with Crippen LogP contribution in [0.3, 0.4) is 0 Å². The van der Waals surface area contributed by atoms with Crippen molar-refractivity contribution < 1.29 is 0 Å². The molecule has 0 saturated heterocycles. The molecule has 0 spiro atoms. The van der Waals surface area contributed by atoms with Crippen LogP contribution in [0, 0.1) is 6.92 Å². The average Bonchev–Trinajstić information content (AvgIpc) is 2.37. The quantitative estimate of drug-likeness (QED) is 0.695. The molecule has 0 radical (unpaired) electrons. The highest BCUT2D eigenvalue weighted by molar-refractivity contribution is 7.09. The topological polar surface area (TPSA) is 37.8 Å². The van der Waals surface area contributed by atoms with Crippen molar-refractivity contribution >= 4 is 16.7 Å². The van der Waals surface area contributed by atoms with Gasteiger partial charge in [-0.3, -0.25) is 0 Å². The van der Waals surface area contributed by atoms with E-state index in [9.17, 15) is 0 Å². The third kappa shape index (κ3) is 2.53. The van der Waals surface area contributed by atoms with Crippen molar-refractivity contribution in [3.8, 4) is 0 Å². The molecule has 1 heterocycles. The fraction of sp³-hybridized carbons (Fsp3) is 0.286. The molecule has 0 aliphatic rings. The summed E-state index contributed by atoms with van der Waals surface area (Å²) in [6, 6.07) is 0. The predicted octanol–water partition coefficient (Wildman–Crippen LogP) is 1.60. The van der Waals surface area contributed by atoms with Gasteiger partial charge in [0.1, 0.15) is 5.82 Å². The first-order valence-electron chi connectivity index (χ1n) is 3.21. The van der Waals surface area contributed by atoms with Crippen LogP contribution >= 0.6 is 11.5 Å². The number of aryl methyl sites for hydroxylation is 1. The van der Waals surface area contributed by atoms with E-state index in [-0.39, 0.29) is 0 Å². The first-order chi connectivity index (χ1) is 5.33. The molecule has 0 amide bonds. The summed E-state index contributed by atoms with van der Waals surface area (Å²) in [6.07, 6.45) is 1.80. The maximum absolute atomic E-state index is 4.11. The first-order valence-corrected chi connectivity index (χ1v) is 3.98. The normalized spacial score (nSPS) is 8.82. The van der Waals surface area contributed by atoms with Gasteiger partial charge in [-0.25, -0.2) is 4.98 Å². The van der Waals surface area contributed by atoms with Gasteiger partial charge in [-0.2, -0.15) is 4.37 Å². The Balaban J connectivity index is 2.44. The van der Waals surface area contributed by atoms with E-state index in [0.717, 1.165) is 11.0 Å². The number of nitrogens with one attached hydrogen (secondary N) is 1. The predicted molar refractivity (Wildman–Crippen MR) is 46.8 cm³/mol. The third-order valence-electron chi connectivity index (χ3n) is 1.03. The molecular weight excluding hydrogens is 158 g/mol. The second-order valence-corrected chi connectivity index (χ2v) is 2.69. The average molecular weight is 167 g/mol. The van der Waals surface area contributed by atoms with Crippen molar-refractivity contribution in [2.24, 2.45) is 0 Å². The van der Waals surface area contributed by atoms with Crippen molar-refractivity contribution in [1.29, 1.82) is 0 Å². The zero-order valence-corrected chi connectivity index (χ0v) is 7.11. The van der Waals surface area contributed by atoms with Gasteiger partial charge in [0, 0.05) is 18.1 Å². The summed E-state index contributed by atoms with van der Waals surface area (Å²) in [5.41, 5.74) is 2.66. The lowest BCUT2D eigenvalue weighted by Gasteiger charge is -1.92. The Bertz CT molecular complexity index is 273. The molecule has 1 aromatic heterocycles. The van der Waals surface area contributed by atoms with Gasteiger partial charge in [0.25, 0.3) is 0 Å². The number of hydrogen-bond donors (Lipinski definition) is 1. The maximum Gasteiger partial charge on any atom is 0.202 e. The number of nitrogens with zero attached hydrogens (tertiary/aromatic N) is 2.